The Morgan fingerprint density at radius 1 is 1.32 bits per heavy atom. The van der Waals surface area contributed by atoms with E-state index < -0.39 is 17.8 Å². The summed E-state index contributed by atoms with van der Waals surface area (Å²) in [4.78, 5) is 12.4. The first kappa shape index (κ1) is 18.9. The minimum atomic E-state index is -0.847. The normalized spacial score (nSPS) is 11.8. The molecule has 0 aliphatic carbocycles. The van der Waals surface area contributed by atoms with E-state index in [0.29, 0.717) is 19.6 Å². The van der Waals surface area contributed by atoms with Crippen LogP contribution in [0.25, 0.3) is 0 Å². The van der Waals surface area contributed by atoms with Gasteiger partial charge in [0.05, 0.1) is 18.3 Å². The predicted molar refractivity (Wildman–Crippen MR) is 94.0 cm³/mol. The first-order valence-electron chi connectivity index (χ1n) is 8.17. The van der Waals surface area contributed by atoms with Crippen LogP contribution in [0.5, 0.6) is 5.75 Å². The lowest BCUT2D eigenvalue weighted by molar-refractivity contribution is 0.0911. The summed E-state index contributed by atoms with van der Waals surface area (Å²) in [5, 5.41) is 12.9. The molecule has 1 amide bonds. The highest BCUT2D eigenvalue weighted by atomic mass is 19.1. The van der Waals surface area contributed by atoms with Gasteiger partial charge in [-0.05, 0) is 49.2 Å². The highest BCUT2D eigenvalue weighted by Crippen LogP contribution is 2.21. The van der Waals surface area contributed by atoms with Gasteiger partial charge < -0.3 is 20.9 Å². The molecule has 0 radical (unpaired) electrons. The number of benzene rings is 2. The molecular formula is C19H23FN2O3. The monoisotopic (exact) mass is 346 g/mol. The minimum absolute atomic E-state index is 0.0163. The second kappa shape index (κ2) is 9.15. The standard InChI is InChI=1S/C19H23FN2O3/c1-13-5-2-3-6-15(13)17(23)12-22-19(24)16-11-14(20)7-8-18(16)25-10-4-9-21/h2-3,5-8,11,17,23H,4,9-10,12,21H2,1H3,(H,22,24). The molecule has 0 spiro atoms. The maximum Gasteiger partial charge on any atom is 0.255 e. The largest absolute Gasteiger partial charge is 0.493 e. The SMILES string of the molecule is Cc1ccccc1C(O)CNC(=O)c1cc(F)ccc1OCCCN. The molecule has 0 heterocycles. The number of nitrogens with one attached hydrogen (secondary N) is 1. The van der Waals surface area contributed by atoms with E-state index in [1.165, 1.54) is 12.1 Å². The third kappa shape index (κ3) is 5.27. The van der Waals surface area contributed by atoms with Crippen molar-refractivity contribution in [3.63, 3.8) is 0 Å². The molecule has 0 bridgehead atoms. The Morgan fingerprint density at radius 3 is 2.80 bits per heavy atom. The molecule has 0 saturated heterocycles. The molecule has 4 N–H and O–H groups in total. The number of hydrogen-bond acceptors (Lipinski definition) is 4. The van der Waals surface area contributed by atoms with Crippen LogP contribution in [-0.2, 0) is 0 Å². The lowest BCUT2D eigenvalue weighted by atomic mass is 10.0. The Balaban J connectivity index is 2.05. The number of ether oxygens (including phenoxy) is 1. The highest BCUT2D eigenvalue weighted by molar-refractivity contribution is 5.96. The average molecular weight is 346 g/mol. The van der Waals surface area contributed by atoms with E-state index in [1.807, 2.05) is 25.1 Å². The van der Waals surface area contributed by atoms with E-state index >= 15 is 0 Å². The minimum Gasteiger partial charge on any atom is -0.493 e. The molecule has 0 aliphatic rings. The topological polar surface area (TPSA) is 84.6 Å². The van der Waals surface area contributed by atoms with E-state index in [0.717, 1.165) is 17.2 Å². The fourth-order valence-corrected chi connectivity index (χ4v) is 2.43. The molecule has 2 rings (SSSR count). The van der Waals surface area contributed by atoms with Crippen LogP contribution in [0.2, 0.25) is 0 Å². The molecular weight excluding hydrogens is 323 g/mol. The van der Waals surface area contributed by atoms with Gasteiger partial charge in [-0.1, -0.05) is 24.3 Å². The van der Waals surface area contributed by atoms with Crippen molar-refractivity contribution < 1.29 is 19.0 Å². The van der Waals surface area contributed by atoms with Crippen molar-refractivity contribution in [2.24, 2.45) is 5.73 Å². The second-order valence-corrected chi connectivity index (χ2v) is 5.71. The summed E-state index contributed by atoms with van der Waals surface area (Å²) in [5.74, 6) is -0.747. The third-order valence-electron chi connectivity index (χ3n) is 3.80. The fourth-order valence-electron chi connectivity index (χ4n) is 2.43. The number of carbonyl (C=O) groups is 1. The van der Waals surface area contributed by atoms with Crippen LogP contribution in [0.3, 0.4) is 0 Å². The summed E-state index contributed by atoms with van der Waals surface area (Å²) in [6.45, 7) is 2.71. The van der Waals surface area contributed by atoms with Crippen molar-refractivity contribution in [2.75, 3.05) is 19.7 Å². The summed E-state index contributed by atoms with van der Waals surface area (Å²) >= 11 is 0. The number of aliphatic hydroxyl groups excluding tert-OH is 1. The van der Waals surface area contributed by atoms with Crippen molar-refractivity contribution in [2.45, 2.75) is 19.4 Å². The van der Waals surface area contributed by atoms with Crippen LogP contribution < -0.4 is 15.8 Å². The number of carbonyl (C=O) groups excluding carboxylic acids is 1. The van der Waals surface area contributed by atoms with Crippen molar-refractivity contribution in [1.29, 1.82) is 0 Å². The molecule has 0 aliphatic heterocycles. The lowest BCUT2D eigenvalue weighted by Crippen LogP contribution is -2.29. The number of nitrogens with two attached hydrogens (primary N) is 1. The van der Waals surface area contributed by atoms with Gasteiger partial charge in [0.15, 0.2) is 0 Å². The van der Waals surface area contributed by atoms with Crippen LogP contribution in [0.1, 0.15) is 34.0 Å². The van der Waals surface area contributed by atoms with Gasteiger partial charge in [0.2, 0.25) is 0 Å². The Morgan fingerprint density at radius 2 is 2.08 bits per heavy atom. The molecule has 0 aromatic heterocycles. The Hall–Kier alpha value is -2.44. The smallest absolute Gasteiger partial charge is 0.255 e. The van der Waals surface area contributed by atoms with Crippen molar-refractivity contribution in [1.82, 2.24) is 5.32 Å². The second-order valence-electron chi connectivity index (χ2n) is 5.71. The highest BCUT2D eigenvalue weighted by Gasteiger charge is 2.16. The van der Waals surface area contributed by atoms with Crippen molar-refractivity contribution >= 4 is 5.91 Å². The lowest BCUT2D eigenvalue weighted by Gasteiger charge is -2.16. The fraction of sp³-hybridized carbons (Fsp3) is 0.316. The number of aliphatic hydroxyl groups is 1. The van der Waals surface area contributed by atoms with Crippen molar-refractivity contribution in [3.8, 4) is 5.75 Å². The molecule has 134 valence electrons. The third-order valence-corrected chi connectivity index (χ3v) is 3.80. The van der Waals surface area contributed by atoms with Crippen LogP contribution in [0, 0.1) is 12.7 Å². The number of rotatable bonds is 8. The van der Waals surface area contributed by atoms with Gasteiger partial charge in [0.25, 0.3) is 5.91 Å². The van der Waals surface area contributed by atoms with E-state index in [4.69, 9.17) is 10.5 Å². The summed E-state index contributed by atoms with van der Waals surface area (Å²) in [5.41, 5.74) is 7.18. The molecule has 1 atom stereocenters. The van der Waals surface area contributed by atoms with Gasteiger partial charge in [-0.3, -0.25) is 4.79 Å². The molecule has 1 unspecified atom stereocenters. The van der Waals surface area contributed by atoms with Gasteiger partial charge in [0, 0.05) is 6.54 Å². The van der Waals surface area contributed by atoms with Crippen LogP contribution >= 0.6 is 0 Å². The van der Waals surface area contributed by atoms with Crippen LogP contribution in [0.4, 0.5) is 4.39 Å². The van der Waals surface area contributed by atoms with E-state index in [9.17, 15) is 14.3 Å². The first-order valence-corrected chi connectivity index (χ1v) is 8.17. The van der Waals surface area contributed by atoms with E-state index in [1.54, 1.807) is 6.07 Å². The zero-order valence-electron chi connectivity index (χ0n) is 14.2. The van der Waals surface area contributed by atoms with Crippen molar-refractivity contribution in [3.05, 3.63) is 65.0 Å². The molecule has 6 heteroatoms. The Kier molecular flexibility index (Phi) is 6.91. The Labute approximate surface area is 146 Å². The molecule has 2 aromatic carbocycles. The zero-order chi connectivity index (χ0) is 18.2. The zero-order valence-corrected chi connectivity index (χ0v) is 14.2. The van der Waals surface area contributed by atoms with E-state index in [-0.39, 0.29) is 17.9 Å². The van der Waals surface area contributed by atoms with Gasteiger partial charge in [0.1, 0.15) is 11.6 Å². The van der Waals surface area contributed by atoms with Crippen LogP contribution in [-0.4, -0.2) is 30.7 Å². The molecule has 0 saturated carbocycles. The van der Waals surface area contributed by atoms with Gasteiger partial charge in [-0.15, -0.1) is 0 Å². The summed E-state index contributed by atoms with van der Waals surface area (Å²) < 4.78 is 19.0. The summed E-state index contributed by atoms with van der Waals surface area (Å²) in [7, 11) is 0. The Bertz CT molecular complexity index is 722. The summed E-state index contributed by atoms with van der Waals surface area (Å²) in [6, 6.07) is 11.2. The number of amides is 1. The molecule has 5 nitrogen and oxygen atoms in total. The summed E-state index contributed by atoms with van der Waals surface area (Å²) in [6.07, 6.45) is -0.218. The molecule has 0 fully saturated rings. The average Bonchev–Trinajstić information content (AvgIpc) is 2.61. The number of aryl methyl sites for hydroxylation is 1. The predicted octanol–water partition coefficient (Wildman–Crippen LogP) is 2.33. The molecule has 2 aromatic rings. The maximum atomic E-state index is 13.5. The number of halogens is 1. The van der Waals surface area contributed by atoms with Gasteiger partial charge >= 0.3 is 0 Å². The quantitative estimate of drug-likeness (QED) is 0.641. The first-order chi connectivity index (χ1) is 12.0. The van der Waals surface area contributed by atoms with E-state index in [2.05, 4.69) is 5.32 Å². The maximum absolute atomic E-state index is 13.5. The van der Waals surface area contributed by atoms with Gasteiger partial charge in [-0.2, -0.15) is 0 Å². The van der Waals surface area contributed by atoms with Crippen LogP contribution in [0.15, 0.2) is 42.5 Å². The van der Waals surface area contributed by atoms with Gasteiger partial charge in [-0.25, -0.2) is 4.39 Å². The number of hydrogen-bond donors (Lipinski definition) is 3. The molecule has 25 heavy (non-hydrogen) atoms.